The molecule has 0 bridgehead atoms. The van der Waals surface area contributed by atoms with Crippen molar-refractivity contribution in [2.24, 2.45) is 5.84 Å². The number of aryl methyl sites for hydroxylation is 2. The zero-order valence-corrected chi connectivity index (χ0v) is 12.6. The van der Waals surface area contributed by atoms with Gasteiger partial charge >= 0.3 is 0 Å². The topological polar surface area (TPSA) is 65.1 Å². The number of hydrogen-bond donors (Lipinski definition) is 2. The monoisotopic (exact) mass is 292 g/mol. The van der Waals surface area contributed by atoms with E-state index in [4.69, 9.17) is 10.6 Å². The van der Waals surface area contributed by atoms with Crippen LogP contribution in [0.3, 0.4) is 0 Å². The Labute approximate surface area is 123 Å². The van der Waals surface area contributed by atoms with Crippen LogP contribution in [-0.4, -0.2) is 16.9 Å². The summed E-state index contributed by atoms with van der Waals surface area (Å²) >= 11 is 0. The van der Waals surface area contributed by atoms with E-state index in [2.05, 4.69) is 17.4 Å². The largest absolute Gasteiger partial charge is 0.493 e. The van der Waals surface area contributed by atoms with E-state index < -0.39 is 0 Å². The number of hydrazine groups is 1. The first kappa shape index (κ1) is 15.5. The van der Waals surface area contributed by atoms with Crippen molar-refractivity contribution in [2.75, 3.05) is 7.11 Å². The molecule has 0 saturated heterocycles. The van der Waals surface area contributed by atoms with E-state index in [1.54, 1.807) is 32.4 Å². The number of nitrogens with two attached hydrogens (primary N) is 1. The molecule has 21 heavy (non-hydrogen) atoms. The molecule has 2 rings (SSSR count). The van der Waals surface area contributed by atoms with Crippen LogP contribution < -0.4 is 16.0 Å². The second kappa shape index (κ2) is 6.69. The Hall–Kier alpha value is -1.92. The highest BCUT2D eigenvalue weighted by Crippen LogP contribution is 2.30. The maximum Gasteiger partial charge on any atom is 0.161 e. The van der Waals surface area contributed by atoms with E-state index in [1.165, 1.54) is 6.07 Å². The molecule has 5 nitrogen and oxygen atoms in total. The third-order valence-corrected chi connectivity index (χ3v) is 3.46. The number of nitrogens with zero attached hydrogens (tertiary/aromatic N) is 2. The van der Waals surface area contributed by atoms with Gasteiger partial charge in [-0.15, -0.1) is 0 Å². The van der Waals surface area contributed by atoms with Gasteiger partial charge in [0.05, 0.1) is 19.3 Å². The Bertz CT molecular complexity index is 612. The fraction of sp³-hybridized carbons (Fsp3) is 0.400. The van der Waals surface area contributed by atoms with Crippen LogP contribution in [0, 0.1) is 12.7 Å². The molecule has 0 amide bonds. The molecular formula is C15H21FN4O. The first-order valence-electron chi connectivity index (χ1n) is 6.94. The molecular weight excluding hydrogens is 271 g/mol. The lowest BCUT2D eigenvalue weighted by Crippen LogP contribution is -2.31. The summed E-state index contributed by atoms with van der Waals surface area (Å²) in [6.07, 6.45) is 2.61. The minimum atomic E-state index is -0.312. The molecule has 0 spiro atoms. The predicted molar refractivity (Wildman–Crippen MR) is 79.4 cm³/mol. The van der Waals surface area contributed by atoms with Crippen LogP contribution in [0.2, 0.25) is 0 Å². The van der Waals surface area contributed by atoms with Crippen LogP contribution in [0.4, 0.5) is 4.39 Å². The highest BCUT2D eigenvalue weighted by Gasteiger charge is 2.23. The first-order chi connectivity index (χ1) is 10.1. The Morgan fingerprint density at radius 1 is 1.48 bits per heavy atom. The van der Waals surface area contributed by atoms with Crippen molar-refractivity contribution in [1.82, 2.24) is 15.2 Å². The van der Waals surface area contributed by atoms with Crippen LogP contribution in [0.5, 0.6) is 5.75 Å². The molecule has 114 valence electrons. The number of hydrogen-bond acceptors (Lipinski definition) is 4. The average molecular weight is 292 g/mol. The van der Waals surface area contributed by atoms with E-state index >= 15 is 0 Å². The number of aromatic nitrogens is 2. The minimum Gasteiger partial charge on any atom is -0.493 e. The lowest BCUT2D eigenvalue weighted by atomic mass is 10.0. The molecule has 1 aromatic heterocycles. The summed E-state index contributed by atoms with van der Waals surface area (Å²) in [6.45, 7) is 4.56. The fourth-order valence-electron chi connectivity index (χ4n) is 2.40. The van der Waals surface area contributed by atoms with Crippen molar-refractivity contribution in [3.05, 3.63) is 47.0 Å². The molecule has 1 unspecified atom stereocenters. The molecule has 1 aromatic carbocycles. The SMILES string of the molecule is CCCn1ncc(OC)c1C(NN)c1ccc(F)c(C)c1. The molecule has 2 aromatic rings. The Balaban J connectivity index is 2.49. The van der Waals surface area contributed by atoms with Crippen molar-refractivity contribution >= 4 is 0 Å². The quantitative estimate of drug-likeness (QED) is 0.633. The van der Waals surface area contributed by atoms with Crippen molar-refractivity contribution in [3.8, 4) is 5.75 Å². The van der Waals surface area contributed by atoms with Gasteiger partial charge in [0.2, 0.25) is 0 Å². The molecule has 0 saturated carbocycles. The third kappa shape index (κ3) is 3.06. The summed E-state index contributed by atoms with van der Waals surface area (Å²) in [7, 11) is 1.60. The van der Waals surface area contributed by atoms with E-state index in [-0.39, 0.29) is 11.9 Å². The summed E-state index contributed by atoms with van der Waals surface area (Å²) < 4.78 is 20.7. The van der Waals surface area contributed by atoms with Crippen molar-refractivity contribution in [2.45, 2.75) is 32.9 Å². The van der Waals surface area contributed by atoms with Gasteiger partial charge in [0.15, 0.2) is 5.75 Å². The maximum atomic E-state index is 13.5. The minimum absolute atomic E-state index is 0.233. The molecule has 0 radical (unpaired) electrons. The molecule has 0 aliphatic carbocycles. The van der Waals surface area contributed by atoms with Gasteiger partial charge < -0.3 is 4.74 Å². The van der Waals surface area contributed by atoms with Gasteiger partial charge in [0.25, 0.3) is 0 Å². The Morgan fingerprint density at radius 3 is 2.81 bits per heavy atom. The van der Waals surface area contributed by atoms with Gasteiger partial charge in [-0.05, 0) is 30.5 Å². The lowest BCUT2D eigenvalue weighted by molar-refractivity contribution is 0.398. The van der Waals surface area contributed by atoms with Gasteiger partial charge in [-0.2, -0.15) is 5.10 Å². The highest BCUT2D eigenvalue weighted by molar-refractivity contribution is 5.38. The summed E-state index contributed by atoms with van der Waals surface area (Å²) in [6, 6.07) is 4.63. The smallest absolute Gasteiger partial charge is 0.161 e. The molecule has 0 aliphatic heterocycles. The zero-order chi connectivity index (χ0) is 15.4. The second-order valence-corrected chi connectivity index (χ2v) is 4.93. The van der Waals surface area contributed by atoms with E-state index in [0.29, 0.717) is 11.3 Å². The van der Waals surface area contributed by atoms with E-state index in [1.807, 2.05) is 4.68 Å². The molecule has 1 heterocycles. The van der Waals surface area contributed by atoms with Crippen molar-refractivity contribution in [3.63, 3.8) is 0 Å². The van der Waals surface area contributed by atoms with Gasteiger partial charge in [-0.25, -0.2) is 9.82 Å². The van der Waals surface area contributed by atoms with Gasteiger partial charge in [-0.3, -0.25) is 10.5 Å². The normalized spacial score (nSPS) is 12.4. The highest BCUT2D eigenvalue weighted by atomic mass is 19.1. The van der Waals surface area contributed by atoms with Crippen molar-refractivity contribution < 1.29 is 9.13 Å². The van der Waals surface area contributed by atoms with Crippen molar-refractivity contribution in [1.29, 1.82) is 0 Å². The van der Waals surface area contributed by atoms with Gasteiger partial charge in [0, 0.05) is 6.54 Å². The molecule has 3 N–H and O–H groups in total. The predicted octanol–water partition coefficient (Wildman–Crippen LogP) is 2.30. The second-order valence-electron chi connectivity index (χ2n) is 4.93. The average Bonchev–Trinajstić information content (AvgIpc) is 2.87. The number of rotatable bonds is 6. The fourth-order valence-corrected chi connectivity index (χ4v) is 2.40. The summed E-state index contributed by atoms with van der Waals surface area (Å²) in [5, 5.41) is 4.33. The Kier molecular flexibility index (Phi) is 4.93. The third-order valence-electron chi connectivity index (χ3n) is 3.46. The summed E-state index contributed by atoms with van der Waals surface area (Å²) in [5.74, 6) is 6.16. The number of nitrogens with one attached hydrogen (secondary N) is 1. The van der Waals surface area contributed by atoms with E-state index in [9.17, 15) is 4.39 Å². The first-order valence-corrected chi connectivity index (χ1v) is 6.94. The van der Waals surface area contributed by atoms with Crippen LogP contribution in [0.25, 0.3) is 0 Å². The Morgan fingerprint density at radius 2 is 2.24 bits per heavy atom. The van der Waals surface area contributed by atoms with Crippen LogP contribution >= 0.6 is 0 Å². The number of halogens is 1. The van der Waals surface area contributed by atoms with Crippen LogP contribution in [0.15, 0.2) is 24.4 Å². The molecule has 1 atom stereocenters. The molecule has 0 aliphatic rings. The summed E-state index contributed by atoms with van der Waals surface area (Å²) in [4.78, 5) is 0. The standard InChI is InChI=1S/C15H21FN4O/c1-4-7-20-15(13(21-3)9-18-20)14(19-17)11-5-6-12(16)10(2)8-11/h5-6,8-9,14,19H,4,7,17H2,1-3H3. The van der Waals surface area contributed by atoms with Crippen LogP contribution in [-0.2, 0) is 6.54 Å². The van der Waals surface area contributed by atoms with E-state index in [0.717, 1.165) is 24.2 Å². The maximum absolute atomic E-state index is 13.5. The zero-order valence-electron chi connectivity index (χ0n) is 12.6. The molecule has 0 fully saturated rings. The number of benzene rings is 1. The number of ether oxygens (including phenoxy) is 1. The van der Waals surface area contributed by atoms with Gasteiger partial charge in [-0.1, -0.05) is 19.1 Å². The number of methoxy groups -OCH3 is 1. The van der Waals surface area contributed by atoms with Gasteiger partial charge in [0.1, 0.15) is 11.5 Å². The molecule has 6 heteroatoms. The van der Waals surface area contributed by atoms with Crippen LogP contribution in [0.1, 0.15) is 36.2 Å². The summed E-state index contributed by atoms with van der Waals surface area (Å²) in [5.41, 5.74) is 5.06. The lowest BCUT2D eigenvalue weighted by Gasteiger charge is -2.20.